The van der Waals surface area contributed by atoms with Crippen LogP contribution in [0, 0.1) is 56.2 Å². The Morgan fingerprint density at radius 3 is 2.40 bits per heavy atom. The van der Waals surface area contributed by atoms with E-state index in [0.29, 0.717) is 34.5 Å². The summed E-state index contributed by atoms with van der Waals surface area (Å²) >= 11 is 0. The summed E-state index contributed by atoms with van der Waals surface area (Å²) in [7, 11) is 0. The van der Waals surface area contributed by atoms with Crippen molar-refractivity contribution in [3.8, 4) is 0 Å². The first-order valence-electron chi connectivity index (χ1n) is 17.6. The summed E-state index contributed by atoms with van der Waals surface area (Å²) in [4.78, 5) is 13.6. The van der Waals surface area contributed by atoms with Crippen LogP contribution in [0.1, 0.15) is 139 Å². The molecule has 42 heavy (non-hydrogen) atoms. The van der Waals surface area contributed by atoms with Crippen LogP contribution in [-0.4, -0.2) is 5.97 Å². The maximum Gasteiger partial charge on any atom is 0.312 e. The van der Waals surface area contributed by atoms with Crippen LogP contribution in [0.2, 0.25) is 0 Å². The highest BCUT2D eigenvalue weighted by molar-refractivity contribution is 5.76. The van der Waals surface area contributed by atoms with Crippen molar-refractivity contribution >= 4 is 5.97 Å². The molecule has 0 amide bonds. The fraction of sp³-hybridized carbons (Fsp3) is 0.775. The van der Waals surface area contributed by atoms with Gasteiger partial charge in [-0.15, -0.1) is 6.58 Å². The summed E-state index contributed by atoms with van der Waals surface area (Å²) in [5.74, 6) is 3.70. The van der Waals surface area contributed by atoms with Crippen LogP contribution in [0.25, 0.3) is 0 Å². The van der Waals surface area contributed by atoms with Crippen LogP contribution >= 0.6 is 0 Å². The fourth-order valence-electron chi connectivity index (χ4n) is 13.0. The highest BCUT2D eigenvalue weighted by atomic mass is 16.5. The van der Waals surface area contributed by atoms with Gasteiger partial charge in [-0.3, -0.25) is 4.79 Å². The molecular formula is C40H58O2. The minimum Gasteiger partial charge on any atom is -0.426 e. The third-order valence-corrected chi connectivity index (χ3v) is 15.8. The predicted molar refractivity (Wildman–Crippen MR) is 172 cm³/mol. The van der Waals surface area contributed by atoms with Crippen LogP contribution in [0.4, 0.5) is 0 Å². The summed E-state index contributed by atoms with van der Waals surface area (Å²) in [6, 6.07) is 0. The molecule has 0 aromatic carbocycles. The minimum absolute atomic E-state index is 0.0188. The van der Waals surface area contributed by atoms with Crippen molar-refractivity contribution in [3.63, 3.8) is 0 Å². The molecule has 7 aliphatic rings. The van der Waals surface area contributed by atoms with Gasteiger partial charge in [-0.1, -0.05) is 78.2 Å². The summed E-state index contributed by atoms with van der Waals surface area (Å²) in [5.41, 5.74) is 7.27. The van der Waals surface area contributed by atoms with Crippen molar-refractivity contribution in [3.05, 3.63) is 46.8 Å². The zero-order valence-corrected chi connectivity index (χ0v) is 28.2. The van der Waals surface area contributed by atoms with Crippen molar-refractivity contribution in [1.29, 1.82) is 0 Å². The van der Waals surface area contributed by atoms with Crippen LogP contribution in [0.5, 0.6) is 0 Å². The molecule has 230 valence electrons. The molecule has 0 N–H and O–H groups in total. The normalized spacial score (nSPS) is 49.6. The number of fused-ring (bicyclic) bond motifs is 8. The van der Waals surface area contributed by atoms with Crippen molar-refractivity contribution in [2.75, 3.05) is 0 Å². The molecule has 9 atom stereocenters. The van der Waals surface area contributed by atoms with Crippen molar-refractivity contribution in [2.24, 2.45) is 56.2 Å². The molecule has 1 aliphatic heterocycles. The SMILES string of the molecule is C=C[C@@]1(C)CC[C@@]2(C)[C@@H](CC[C@]3(C)C(C)=C4OC(=O)C[C@@]5(C)C=C6CC[C@H]7C(C)(C)CCC[C@]7(C)[C@H]6CC5=C4C[C@H]23)C1. The fourth-order valence-corrected chi connectivity index (χ4v) is 13.0. The Bertz CT molecular complexity index is 1320. The third-order valence-electron chi connectivity index (χ3n) is 15.8. The molecule has 0 spiro atoms. The Hall–Kier alpha value is -1.57. The Labute approximate surface area is 256 Å². The zero-order valence-electron chi connectivity index (χ0n) is 28.2. The highest BCUT2D eigenvalue weighted by Crippen LogP contribution is 2.70. The van der Waals surface area contributed by atoms with Gasteiger partial charge < -0.3 is 4.74 Å². The van der Waals surface area contributed by atoms with Gasteiger partial charge in [0.1, 0.15) is 5.76 Å². The van der Waals surface area contributed by atoms with Gasteiger partial charge in [-0.2, -0.15) is 0 Å². The maximum absolute atomic E-state index is 13.6. The average Bonchev–Trinajstić information content (AvgIpc) is 3.02. The van der Waals surface area contributed by atoms with Gasteiger partial charge in [-0.25, -0.2) is 0 Å². The molecule has 0 saturated heterocycles. The molecule has 6 aliphatic carbocycles. The van der Waals surface area contributed by atoms with Crippen molar-refractivity contribution in [1.82, 2.24) is 0 Å². The number of allylic oxidation sites excluding steroid dienone is 6. The lowest BCUT2D eigenvalue weighted by Crippen LogP contribution is -2.54. The lowest BCUT2D eigenvalue weighted by molar-refractivity contribution is -0.141. The van der Waals surface area contributed by atoms with Gasteiger partial charge in [0.15, 0.2) is 0 Å². The number of hydrogen-bond acceptors (Lipinski definition) is 2. The summed E-state index contributed by atoms with van der Waals surface area (Å²) in [5, 5.41) is 0. The van der Waals surface area contributed by atoms with Gasteiger partial charge in [-0.05, 0) is 139 Å². The molecule has 2 heteroatoms. The van der Waals surface area contributed by atoms with Gasteiger partial charge in [0.2, 0.25) is 0 Å². The molecule has 2 nitrogen and oxygen atoms in total. The second kappa shape index (κ2) is 9.00. The van der Waals surface area contributed by atoms with Crippen molar-refractivity contribution < 1.29 is 9.53 Å². The summed E-state index contributed by atoms with van der Waals surface area (Å²) < 4.78 is 6.48. The Kier molecular flexibility index (Phi) is 6.25. The van der Waals surface area contributed by atoms with E-state index < -0.39 is 0 Å². The van der Waals surface area contributed by atoms with Crippen LogP contribution in [-0.2, 0) is 9.53 Å². The molecule has 0 unspecified atom stereocenters. The lowest BCUT2D eigenvalue weighted by atomic mass is 9.42. The van der Waals surface area contributed by atoms with E-state index in [1.165, 1.54) is 75.4 Å². The van der Waals surface area contributed by atoms with E-state index in [-0.39, 0.29) is 22.2 Å². The second-order valence-electron chi connectivity index (χ2n) is 18.4. The van der Waals surface area contributed by atoms with E-state index in [2.05, 4.69) is 74.1 Å². The molecule has 1 heterocycles. The Balaban J connectivity index is 1.37. The molecule has 4 saturated carbocycles. The topological polar surface area (TPSA) is 26.3 Å². The molecule has 7 rings (SSSR count). The molecule has 0 bridgehead atoms. The Morgan fingerprint density at radius 1 is 0.905 bits per heavy atom. The van der Waals surface area contributed by atoms with E-state index in [0.717, 1.165) is 30.4 Å². The van der Waals surface area contributed by atoms with E-state index in [4.69, 9.17) is 4.74 Å². The monoisotopic (exact) mass is 570 g/mol. The summed E-state index contributed by atoms with van der Waals surface area (Å²) in [6.07, 6.45) is 20.4. The van der Waals surface area contributed by atoms with Gasteiger partial charge in [0.25, 0.3) is 0 Å². The minimum atomic E-state index is -0.218. The molecule has 0 aromatic heterocycles. The average molecular weight is 571 g/mol. The standard InChI is InChI=1S/C40H58O2/c1-10-36(5)18-19-39(8)27(23-36)14-17-38(7)25(2)34-28(20-32(38)39)30-21-29-26(22-37(30,6)24-33(41)42-34)12-13-31-35(3,4)15-11-16-40(29,31)9/h10,22,27,29,31-32H,1,11-21,23-24H2,2-9H3/t27-,29-,31-,32-,36-,37+,38+,39-,40+/m0/s1. The van der Waals surface area contributed by atoms with Crippen molar-refractivity contribution in [2.45, 2.75) is 139 Å². The molecular weight excluding hydrogens is 512 g/mol. The maximum atomic E-state index is 13.6. The molecule has 0 aromatic rings. The number of hydrogen-bond donors (Lipinski definition) is 0. The smallest absolute Gasteiger partial charge is 0.312 e. The first-order valence-corrected chi connectivity index (χ1v) is 17.6. The van der Waals surface area contributed by atoms with Gasteiger partial charge in [0.05, 0.1) is 6.42 Å². The quantitative estimate of drug-likeness (QED) is 0.231. The highest BCUT2D eigenvalue weighted by Gasteiger charge is 2.61. The van der Waals surface area contributed by atoms with E-state index >= 15 is 0 Å². The molecule has 0 radical (unpaired) electrons. The number of carbonyl (C=O) groups is 1. The van der Waals surface area contributed by atoms with E-state index in [9.17, 15) is 4.79 Å². The lowest BCUT2D eigenvalue weighted by Gasteiger charge is -2.63. The predicted octanol–water partition coefficient (Wildman–Crippen LogP) is 10.9. The first-order chi connectivity index (χ1) is 19.6. The number of rotatable bonds is 1. The first kappa shape index (κ1) is 29.2. The van der Waals surface area contributed by atoms with E-state index in [1.807, 2.05) is 0 Å². The van der Waals surface area contributed by atoms with Gasteiger partial charge >= 0.3 is 5.97 Å². The Morgan fingerprint density at radius 2 is 1.67 bits per heavy atom. The third kappa shape index (κ3) is 3.84. The number of carbonyl (C=O) groups excluding carboxylic acids is 1. The largest absolute Gasteiger partial charge is 0.426 e. The van der Waals surface area contributed by atoms with Crippen LogP contribution in [0.15, 0.2) is 46.8 Å². The van der Waals surface area contributed by atoms with Crippen LogP contribution < -0.4 is 0 Å². The van der Waals surface area contributed by atoms with Crippen LogP contribution in [0.3, 0.4) is 0 Å². The number of esters is 1. The zero-order chi connectivity index (χ0) is 30.1. The van der Waals surface area contributed by atoms with Gasteiger partial charge in [0, 0.05) is 5.41 Å². The molecule has 4 fully saturated rings. The van der Waals surface area contributed by atoms with E-state index in [1.54, 1.807) is 11.1 Å². The number of ether oxygens (including phenoxy) is 1. The second-order valence-corrected chi connectivity index (χ2v) is 18.4. The summed E-state index contributed by atoms with van der Waals surface area (Å²) in [6.45, 7) is 24.3.